The summed E-state index contributed by atoms with van der Waals surface area (Å²) in [6.07, 6.45) is 3.35. The Balaban J connectivity index is 1.53. The molecule has 0 spiro atoms. The third-order valence-electron chi connectivity index (χ3n) is 4.95. The van der Waals surface area contributed by atoms with Gasteiger partial charge in [0.2, 0.25) is 17.6 Å². The van der Waals surface area contributed by atoms with Crippen molar-refractivity contribution in [1.29, 1.82) is 0 Å². The Bertz CT molecular complexity index is 1130. The first kappa shape index (κ1) is 18.9. The third kappa shape index (κ3) is 3.89. The lowest BCUT2D eigenvalue weighted by Gasteiger charge is -2.19. The molecule has 1 unspecified atom stereocenters. The summed E-state index contributed by atoms with van der Waals surface area (Å²) in [4.78, 5) is 21.3. The highest BCUT2D eigenvalue weighted by molar-refractivity contribution is 5.84. The summed E-state index contributed by atoms with van der Waals surface area (Å²) in [6.45, 7) is 6.26. The number of carbonyl (C=O) groups is 1. The summed E-state index contributed by atoms with van der Waals surface area (Å²) < 4.78 is 7.48. The number of para-hydroxylation sites is 1. The lowest BCUT2D eigenvalue weighted by molar-refractivity contribution is -0.122. The molecule has 0 aliphatic rings. The second-order valence-electron chi connectivity index (χ2n) is 7.41. The molecule has 4 rings (SSSR count). The van der Waals surface area contributed by atoms with Gasteiger partial charge in [0.1, 0.15) is 12.6 Å². The van der Waals surface area contributed by atoms with Crippen LogP contribution in [0, 0.1) is 12.8 Å². The molecule has 0 radical (unpaired) electrons. The highest BCUT2D eigenvalue weighted by Gasteiger charge is 2.25. The number of aromatic nitrogens is 4. The SMILES string of the molecule is Cc1cc2ccccc2n1CC(=O)NC(c1nc(-c2ccncc2)no1)C(C)C. The highest BCUT2D eigenvalue weighted by atomic mass is 16.5. The van der Waals surface area contributed by atoms with Gasteiger partial charge >= 0.3 is 0 Å². The number of hydrogen-bond acceptors (Lipinski definition) is 5. The van der Waals surface area contributed by atoms with Crippen molar-refractivity contribution < 1.29 is 9.32 Å². The number of aryl methyl sites for hydroxylation is 1. The first-order valence-corrected chi connectivity index (χ1v) is 9.61. The summed E-state index contributed by atoms with van der Waals surface area (Å²) in [5.74, 6) is 0.868. The smallest absolute Gasteiger partial charge is 0.249 e. The monoisotopic (exact) mass is 389 g/mol. The molecule has 148 valence electrons. The van der Waals surface area contributed by atoms with E-state index in [1.165, 1.54) is 0 Å². The van der Waals surface area contributed by atoms with Gasteiger partial charge in [0.15, 0.2) is 0 Å². The van der Waals surface area contributed by atoms with Crippen LogP contribution in [0.2, 0.25) is 0 Å². The normalized spacial score (nSPS) is 12.4. The van der Waals surface area contributed by atoms with Gasteiger partial charge in [-0.05, 0) is 42.5 Å². The minimum Gasteiger partial charge on any atom is -0.342 e. The summed E-state index contributed by atoms with van der Waals surface area (Å²) in [5, 5.41) is 8.24. The lowest BCUT2D eigenvalue weighted by atomic mass is 10.0. The Hall–Kier alpha value is -3.48. The van der Waals surface area contributed by atoms with Gasteiger partial charge in [0.05, 0.1) is 0 Å². The first-order valence-electron chi connectivity index (χ1n) is 9.61. The van der Waals surface area contributed by atoms with Crippen molar-refractivity contribution in [1.82, 2.24) is 25.0 Å². The Morgan fingerprint density at radius 1 is 1.17 bits per heavy atom. The van der Waals surface area contributed by atoms with E-state index >= 15 is 0 Å². The fraction of sp³-hybridized carbons (Fsp3) is 0.273. The highest BCUT2D eigenvalue weighted by Crippen LogP contribution is 2.24. The molecule has 7 nitrogen and oxygen atoms in total. The molecule has 4 aromatic rings. The Kier molecular flexibility index (Phi) is 5.12. The van der Waals surface area contributed by atoms with E-state index in [0.29, 0.717) is 11.7 Å². The number of amides is 1. The zero-order valence-electron chi connectivity index (χ0n) is 16.7. The van der Waals surface area contributed by atoms with Gasteiger partial charge in [-0.15, -0.1) is 0 Å². The molecule has 3 heterocycles. The summed E-state index contributed by atoms with van der Waals surface area (Å²) in [5.41, 5.74) is 2.90. The molecule has 0 bridgehead atoms. The van der Waals surface area contributed by atoms with Gasteiger partial charge in [0.25, 0.3) is 0 Å². The number of benzene rings is 1. The predicted molar refractivity (Wildman–Crippen MR) is 110 cm³/mol. The zero-order chi connectivity index (χ0) is 20.4. The molecule has 0 saturated carbocycles. The minimum atomic E-state index is -0.368. The van der Waals surface area contributed by atoms with Crippen molar-refractivity contribution >= 4 is 16.8 Å². The Morgan fingerprint density at radius 3 is 2.69 bits per heavy atom. The molecular formula is C22H23N5O2. The maximum atomic E-state index is 12.8. The quantitative estimate of drug-likeness (QED) is 0.540. The van der Waals surface area contributed by atoms with E-state index < -0.39 is 0 Å². The van der Waals surface area contributed by atoms with Crippen LogP contribution in [0.1, 0.15) is 31.5 Å². The van der Waals surface area contributed by atoms with Crippen LogP contribution >= 0.6 is 0 Å². The fourth-order valence-electron chi connectivity index (χ4n) is 3.41. The van der Waals surface area contributed by atoms with Crippen LogP contribution in [-0.2, 0) is 11.3 Å². The van der Waals surface area contributed by atoms with Crippen molar-refractivity contribution in [3.8, 4) is 11.4 Å². The number of carbonyl (C=O) groups excluding carboxylic acids is 1. The number of hydrogen-bond donors (Lipinski definition) is 1. The average Bonchev–Trinajstić information content (AvgIpc) is 3.32. The van der Waals surface area contributed by atoms with Gasteiger partial charge in [-0.2, -0.15) is 4.98 Å². The number of nitrogens with one attached hydrogen (secondary N) is 1. The second-order valence-corrected chi connectivity index (χ2v) is 7.41. The standard InChI is InChI=1S/C22H23N5O2/c1-14(2)20(22-25-21(26-29-22)16-8-10-23-11-9-16)24-19(28)13-27-15(3)12-17-6-4-5-7-18(17)27/h4-12,14,20H,13H2,1-3H3,(H,24,28). The van der Waals surface area contributed by atoms with E-state index in [9.17, 15) is 4.79 Å². The number of rotatable bonds is 6. The molecule has 0 saturated heterocycles. The van der Waals surface area contributed by atoms with Crippen LogP contribution in [0.15, 0.2) is 59.4 Å². The summed E-state index contributed by atoms with van der Waals surface area (Å²) >= 11 is 0. The van der Waals surface area contributed by atoms with Crippen LogP contribution in [0.5, 0.6) is 0 Å². The van der Waals surface area contributed by atoms with Gasteiger partial charge in [-0.3, -0.25) is 9.78 Å². The maximum absolute atomic E-state index is 12.8. The Morgan fingerprint density at radius 2 is 1.93 bits per heavy atom. The van der Waals surface area contributed by atoms with Crippen molar-refractivity contribution in [2.45, 2.75) is 33.4 Å². The molecule has 1 N–H and O–H groups in total. The van der Waals surface area contributed by atoms with E-state index in [1.807, 2.05) is 61.7 Å². The van der Waals surface area contributed by atoms with Gasteiger partial charge in [-0.1, -0.05) is 37.2 Å². The topological polar surface area (TPSA) is 85.8 Å². The molecular weight excluding hydrogens is 366 g/mol. The molecule has 0 fully saturated rings. The lowest BCUT2D eigenvalue weighted by Crippen LogP contribution is -2.34. The zero-order valence-corrected chi connectivity index (χ0v) is 16.7. The third-order valence-corrected chi connectivity index (χ3v) is 4.95. The molecule has 0 aliphatic heterocycles. The van der Waals surface area contributed by atoms with E-state index in [4.69, 9.17) is 4.52 Å². The molecule has 29 heavy (non-hydrogen) atoms. The van der Waals surface area contributed by atoms with Gasteiger partial charge in [0, 0.05) is 29.2 Å². The van der Waals surface area contributed by atoms with Crippen molar-refractivity contribution in [3.05, 3.63) is 66.4 Å². The van der Waals surface area contributed by atoms with Crippen molar-refractivity contribution in [2.75, 3.05) is 0 Å². The summed E-state index contributed by atoms with van der Waals surface area (Å²) in [7, 11) is 0. The Labute approximate surface area is 168 Å². The predicted octanol–water partition coefficient (Wildman–Crippen LogP) is 3.91. The van der Waals surface area contributed by atoms with Crippen molar-refractivity contribution in [2.24, 2.45) is 5.92 Å². The molecule has 1 atom stereocenters. The number of nitrogens with zero attached hydrogens (tertiary/aromatic N) is 4. The number of pyridine rings is 1. The average molecular weight is 389 g/mol. The molecule has 3 aromatic heterocycles. The molecule has 1 amide bonds. The van der Waals surface area contributed by atoms with Crippen LogP contribution in [0.4, 0.5) is 0 Å². The molecule has 0 aliphatic carbocycles. The molecule has 7 heteroatoms. The van der Waals surface area contributed by atoms with Crippen LogP contribution in [0.25, 0.3) is 22.3 Å². The van der Waals surface area contributed by atoms with E-state index in [1.54, 1.807) is 12.4 Å². The largest absolute Gasteiger partial charge is 0.342 e. The molecule has 1 aromatic carbocycles. The van der Waals surface area contributed by atoms with E-state index in [2.05, 4.69) is 26.5 Å². The van der Waals surface area contributed by atoms with Crippen molar-refractivity contribution in [3.63, 3.8) is 0 Å². The van der Waals surface area contributed by atoms with Crippen LogP contribution in [0.3, 0.4) is 0 Å². The first-order chi connectivity index (χ1) is 14.0. The van der Waals surface area contributed by atoms with Gasteiger partial charge in [-0.25, -0.2) is 0 Å². The maximum Gasteiger partial charge on any atom is 0.249 e. The van der Waals surface area contributed by atoms with Gasteiger partial charge < -0.3 is 14.4 Å². The summed E-state index contributed by atoms with van der Waals surface area (Å²) in [6, 6.07) is 13.4. The number of fused-ring (bicyclic) bond motifs is 1. The van der Waals surface area contributed by atoms with E-state index in [-0.39, 0.29) is 24.4 Å². The van der Waals surface area contributed by atoms with Crippen LogP contribution in [-0.4, -0.2) is 25.6 Å². The minimum absolute atomic E-state index is 0.0900. The second kappa shape index (κ2) is 7.87. The van der Waals surface area contributed by atoms with Crippen LogP contribution < -0.4 is 5.32 Å². The fourth-order valence-corrected chi connectivity index (χ4v) is 3.41. The van der Waals surface area contributed by atoms with E-state index in [0.717, 1.165) is 22.2 Å².